The molecule has 0 atom stereocenters. The fourth-order valence-electron chi connectivity index (χ4n) is 1.31. The summed E-state index contributed by atoms with van der Waals surface area (Å²) in [4.78, 5) is 11.6. The normalized spacial score (nSPS) is 10.8. The summed E-state index contributed by atoms with van der Waals surface area (Å²) in [5.74, 6) is 0. The van der Waals surface area contributed by atoms with Crippen LogP contribution in [0.3, 0.4) is 0 Å². The third kappa shape index (κ3) is 1.56. The molecule has 0 aliphatic carbocycles. The molecule has 0 aliphatic heterocycles. The number of alkyl halides is 1. The van der Waals surface area contributed by atoms with Crippen LogP contribution in [-0.2, 0) is 6.54 Å². The van der Waals surface area contributed by atoms with Crippen LogP contribution in [0.2, 0.25) is 0 Å². The number of fused-ring (bicyclic) bond motifs is 1. The first-order chi connectivity index (χ1) is 6.33. The van der Waals surface area contributed by atoms with E-state index in [1.807, 2.05) is 24.3 Å². The van der Waals surface area contributed by atoms with E-state index >= 15 is 0 Å². The number of aromatic nitrogens is 1. The highest BCUT2D eigenvalue weighted by Gasteiger charge is 2.04. The van der Waals surface area contributed by atoms with Crippen molar-refractivity contribution in [3.63, 3.8) is 0 Å². The number of hydrogen-bond donors (Lipinski definition) is 0. The molecule has 0 saturated carbocycles. The fraction of sp³-hybridized carbons (Fsp3) is 0.222. The number of nitrogens with zero attached hydrogens (tertiary/aromatic N) is 1. The Morgan fingerprint density at radius 1 is 1.38 bits per heavy atom. The van der Waals surface area contributed by atoms with Crippen molar-refractivity contribution in [2.24, 2.45) is 0 Å². The summed E-state index contributed by atoms with van der Waals surface area (Å²) < 4.78 is 2.86. The summed E-state index contributed by atoms with van der Waals surface area (Å²) in [6.45, 7) is 0.739. The second-order valence-corrected chi connectivity index (χ2v) is 4.46. The lowest BCUT2D eigenvalue weighted by Gasteiger charge is -1.98. The van der Waals surface area contributed by atoms with Crippen LogP contribution < -0.4 is 4.87 Å². The molecule has 68 valence electrons. The smallest absolute Gasteiger partial charge is 0.298 e. The van der Waals surface area contributed by atoms with Gasteiger partial charge in [-0.3, -0.25) is 9.36 Å². The zero-order valence-corrected chi connectivity index (χ0v) is 9.27. The molecule has 1 aromatic carbocycles. The molecule has 2 rings (SSSR count). The topological polar surface area (TPSA) is 22.0 Å². The van der Waals surface area contributed by atoms with Gasteiger partial charge >= 0.3 is 4.87 Å². The molecule has 0 aliphatic rings. The van der Waals surface area contributed by atoms with Gasteiger partial charge in [0.05, 0.1) is 10.2 Å². The minimum Gasteiger partial charge on any atom is -0.298 e. The van der Waals surface area contributed by atoms with E-state index in [0.29, 0.717) is 0 Å². The predicted molar refractivity (Wildman–Crippen MR) is 59.9 cm³/mol. The van der Waals surface area contributed by atoms with E-state index in [1.165, 1.54) is 11.3 Å². The van der Waals surface area contributed by atoms with Gasteiger partial charge in [0, 0.05) is 11.9 Å². The van der Waals surface area contributed by atoms with E-state index in [-0.39, 0.29) is 4.87 Å². The second-order valence-electron chi connectivity index (χ2n) is 2.68. The van der Waals surface area contributed by atoms with E-state index < -0.39 is 0 Å². The monoisotopic (exact) mass is 257 g/mol. The van der Waals surface area contributed by atoms with Crippen molar-refractivity contribution in [2.75, 3.05) is 5.33 Å². The van der Waals surface area contributed by atoms with Crippen LogP contribution in [0, 0.1) is 0 Å². The molecule has 1 aromatic heterocycles. The van der Waals surface area contributed by atoms with Gasteiger partial charge in [0.1, 0.15) is 0 Å². The zero-order valence-electron chi connectivity index (χ0n) is 6.87. The summed E-state index contributed by atoms with van der Waals surface area (Å²) >= 11 is 4.64. The lowest BCUT2D eigenvalue weighted by atomic mass is 10.3. The van der Waals surface area contributed by atoms with Crippen LogP contribution in [0.4, 0.5) is 0 Å². The van der Waals surface area contributed by atoms with Gasteiger partial charge in [0.2, 0.25) is 0 Å². The van der Waals surface area contributed by atoms with Gasteiger partial charge in [-0.05, 0) is 12.1 Å². The van der Waals surface area contributed by atoms with Crippen molar-refractivity contribution in [1.82, 2.24) is 4.57 Å². The summed E-state index contributed by atoms with van der Waals surface area (Å²) in [7, 11) is 0. The number of benzene rings is 1. The molecule has 0 amide bonds. The van der Waals surface area contributed by atoms with Crippen LogP contribution in [-0.4, -0.2) is 9.90 Å². The Kier molecular flexibility index (Phi) is 2.51. The standard InChI is InChI=1S/C9H8BrNOS/c10-5-6-11-7-3-1-2-4-8(7)13-9(11)12/h1-4H,5-6H2. The molecular formula is C9H8BrNOS. The first kappa shape index (κ1) is 8.97. The third-order valence-electron chi connectivity index (χ3n) is 1.88. The molecule has 4 heteroatoms. The molecule has 2 nitrogen and oxygen atoms in total. The molecule has 2 aromatic rings. The van der Waals surface area contributed by atoms with Crippen molar-refractivity contribution < 1.29 is 0 Å². The van der Waals surface area contributed by atoms with Crippen molar-refractivity contribution in [2.45, 2.75) is 6.54 Å². The summed E-state index contributed by atoms with van der Waals surface area (Å²) in [6.07, 6.45) is 0. The van der Waals surface area contributed by atoms with Crippen LogP contribution in [0.5, 0.6) is 0 Å². The van der Waals surface area contributed by atoms with Gasteiger partial charge in [-0.15, -0.1) is 0 Å². The van der Waals surface area contributed by atoms with Gasteiger partial charge in [-0.1, -0.05) is 39.4 Å². The Bertz CT molecular complexity index is 474. The third-order valence-corrected chi connectivity index (χ3v) is 3.20. The molecule has 0 saturated heterocycles. The van der Waals surface area contributed by atoms with E-state index in [4.69, 9.17) is 0 Å². The Hall–Kier alpha value is -0.610. The van der Waals surface area contributed by atoms with Crippen LogP contribution in [0.15, 0.2) is 29.1 Å². The first-order valence-corrected chi connectivity index (χ1v) is 5.91. The minimum absolute atomic E-state index is 0.126. The summed E-state index contributed by atoms with van der Waals surface area (Å²) in [5, 5.41) is 0.813. The van der Waals surface area contributed by atoms with Crippen molar-refractivity contribution in [3.8, 4) is 0 Å². The number of para-hydroxylation sites is 1. The molecular weight excluding hydrogens is 250 g/mol. The molecule has 0 bridgehead atoms. The van der Waals surface area contributed by atoms with Crippen molar-refractivity contribution in [1.29, 1.82) is 0 Å². The van der Waals surface area contributed by atoms with E-state index in [1.54, 1.807) is 4.57 Å². The number of thiazole rings is 1. The lowest BCUT2D eigenvalue weighted by molar-refractivity contribution is 0.792. The average Bonchev–Trinajstić information content (AvgIpc) is 2.44. The molecule has 0 spiro atoms. The van der Waals surface area contributed by atoms with Crippen molar-refractivity contribution >= 4 is 37.5 Å². The predicted octanol–water partition coefficient (Wildman–Crippen LogP) is 2.46. The zero-order chi connectivity index (χ0) is 9.26. The Labute approximate surface area is 87.9 Å². The minimum atomic E-state index is 0.126. The molecule has 0 unspecified atom stereocenters. The highest BCUT2D eigenvalue weighted by molar-refractivity contribution is 9.09. The van der Waals surface area contributed by atoms with E-state index in [0.717, 1.165) is 22.1 Å². The number of hydrogen-bond acceptors (Lipinski definition) is 2. The van der Waals surface area contributed by atoms with Gasteiger partial charge in [-0.25, -0.2) is 0 Å². The van der Waals surface area contributed by atoms with Crippen LogP contribution >= 0.6 is 27.3 Å². The Morgan fingerprint density at radius 2 is 2.15 bits per heavy atom. The van der Waals surface area contributed by atoms with Crippen LogP contribution in [0.25, 0.3) is 10.2 Å². The number of halogens is 1. The number of rotatable bonds is 2. The van der Waals surface area contributed by atoms with Gasteiger partial charge in [0.25, 0.3) is 0 Å². The molecule has 0 N–H and O–H groups in total. The maximum absolute atomic E-state index is 11.5. The molecule has 13 heavy (non-hydrogen) atoms. The molecule has 0 radical (unpaired) electrons. The second kappa shape index (κ2) is 3.64. The van der Waals surface area contributed by atoms with Gasteiger partial charge in [0.15, 0.2) is 0 Å². The Balaban J connectivity index is 2.71. The highest BCUT2D eigenvalue weighted by atomic mass is 79.9. The van der Waals surface area contributed by atoms with Gasteiger partial charge in [-0.2, -0.15) is 0 Å². The first-order valence-electron chi connectivity index (χ1n) is 3.97. The Morgan fingerprint density at radius 3 is 2.92 bits per heavy atom. The summed E-state index contributed by atoms with van der Waals surface area (Å²) in [5.41, 5.74) is 1.04. The number of aryl methyl sites for hydroxylation is 1. The average molecular weight is 258 g/mol. The molecule has 1 heterocycles. The fourth-order valence-corrected chi connectivity index (χ4v) is 2.58. The molecule has 0 fully saturated rings. The van der Waals surface area contributed by atoms with Crippen LogP contribution in [0.1, 0.15) is 0 Å². The SMILES string of the molecule is O=c1sc2ccccc2n1CCBr. The van der Waals surface area contributed by atoms with E-state index in [9.17, 15) is 4.79 Å². The lowest BCUT2D eigenvalue weighted by Crippen LogP contribution is -2.13. The highest BCUT2D eigenvalue weighted by Crippen LogP contribution is 2.16. The van der Waals surface area contributed by atoms with E-state index in [2.05, 4.69) is 15.9 Å². The maximum Gasteiger partial charge on any atom is 0.308 e. The summed E-state index contributed by atoms with van der Waals surface area (Å²) in [6, 6.07) is 7.87. The van der Waals surface area contributed by atoms with Gasteiger partial charge < -0.3 is 0 Å². The quantitative estimate of drug-likeness (QED) is 0.758. The van der Waals surface area contributed by atoms with Crippen molar-refractivity contribution in [3.05, 3.63) is 33.9 Å². The largest absolute Gasteiger partial charge is 0.308 e. The maximum atomic E-state index is 11.5.